The third kappa shape index (κ3) is 3.29. The lowest BCUT2D eigenvalue weighted by atomic mass is 9.90. The second-order valence-corrected chi connectivity index (χ2v) is 5.48. The van der Waals surface area contributed by atoms with Crippen molar-refractivity contribution >= 4 is 0 Å². The van der Waals surface area contributed by atoms with Gasteiger partial charge in [0.25, 0.3) is 0 Å². The lowest BCUT2D eigenvalue weighted by Gasteiger charge is -2.19. The van der Waals surface area contributed by atoms with E-state index in [1.54, 1.807) is 6.07 Å². The third-order valence-corrected chi connectivity index (χ3v) is 2.23. The summed E-state index contributed by atoms with van der Waals surface area (Å²) >= 11 is 0. The summed E-state index contributed by atoms with van der Waals surface area (Å²) in [6, 6.07) is 3.32. The van der Waals surface area contributed by atoms with E-state index in [2.05, 4.69) is 18.8 Å². The van der Waals surface area contributed by atoms with Gasteiger partial charge in [0.2, 0.25) is 0 Å². The van der Waals surface area contributed by atoms with E-state index in [-0.39, 0.29) is 11.2 Å². The fraction of sp³-hybridized carbons (Fsp3) is 0.615. The Morgan fingerprint density at radius 3 is 2.33 bits per heavy atom. The summed E-state index contributed by atoms with van der Waals surface area (Å²) in [7, 11) is 0. The van der Waals surface area contributed by atoms with E-state index in [1.807, 2.05) is 20.8 Å². The van der Waals surface area contributed by atoms with Gasteiger partial charge in [-0.15, -0.1) is 0 Å². The fourth-order valence-electron chi connectivity index (χ4n) is 1.54. The van der Waals surface area contributed by atoms with E-state index in [1.165, 1.54) is 6.07 Å². The first kappa shape index (κ1) is 12.2. The molecule has 1 nitrogen and oxygen atoms in total. The van der Waals surface area contributed by atoms with E-state index in [0.717, 1.165) is 12.1 Å². The van der Waals surface area contributed by atoms with Gasteiger partial charge in [-0.25, -0.2) is 4.39 Å². The molecule has 2 heteroatoms. The molecule has 0 atom stereocenters. The monoisotopic (exact) mass is 209 g/mol. The Morgan fingerprint density at radius 1 is 1.27 bits per heavy atom. The van der Waals surface area contributed by atoms with Crippen LogP contribution >= 0.6 is 0 Å². The Bertz CT molecular complexity index is 337. The van der Waals surface area contributed by atoms with Crippen molar-refractivity contribution < 1.29 is 4.39 Å². The Morgan fingerprint density at radius 2 is 1.87 bits per heavy atom. The zero-order valence-electron chi connectivity index (χ0n) is 10.3. The highest BCUT2D eigenvalue weighted by molar-refractivity contribution is 5.19. The van der Waals surface area contributed by atoms with Gasteiger partial charge in [-0.2, -0.15) is 0 Å². The molecule has 0 aliphatic carbocycles. The van der Waals surface area contributed by atoms with Crippen LogP contribution in [0.1, 0.15) is 46.0 Å². The first-order chi connectivity index (χ1) is 6.80. The highest BCUT2D eigenvalue weighted by atomic mass is 19.1. The minimum atomic E-state index is -0.225. The van der Waals surface area contributed by atoms with Crippen molar-refractivity contribution in [2.24, 2.45) is 5.92 Å². The number of nitrogens with zero attached hydrogens (tertiary/aromatic N) is 1. The largest absolute Gasteiger partial charge is 0.254 e. The summed E-state index contributed by atoms with van der Waals surface area (Å²) in [5, 5.41) is 0. The summed E-state index contributed by atoms with van der Waals surface area (Å²) in [5.74, 6) is 0.353. The quantitative estimate of drug-likeness (QED) is 0.723. The van der Waals surface area contributed by atoms with Crippen LogP contribution in [0.4, 0.5) is 4.39 Å². The molecule has 0 radical (unpaired) electrons. The molecule has 0 saturated heterocycles. The number of aromatic nitrogens is 1. The molecule has 0 fully saturated rings. The van der Waals surface area contributed by atoms with Gasteiger partial charge in [-0.1, -0.05) is 34.6 Å². The summed E-state index contributed by atoms with van der Waals surface area (Å²) in [6.45, 7) is 10.2. The molecule has 0 amide bonds. The van der Waals surface area contributed by atoms with Crippen molar-refractivity contribution in [3.63, 3.8) is 0 Å². The molecule has 0 bridgehead atoms. The maximum Gasteiger partial charge on any atom is 0.145 e. The van der Waals surface area contributed by atoms with Crippen LogP contribution in [0.25, 0.3) is 0 Å². The predicted molar refractivity (Wildman–Crippen MR) is 61.4 cm³/mol. The Balaban J connectivity index is 3.06. The molecular weight excluding hydrogens is 189 g/mol. The van der Waals surface area contributed by atoms with E-state index in [4.69, 9.17) is 0 Å². The van der Waals surface area contributed by atoms with E-state index in [9.17, 15) is 4.39 Å². The van der Waals surface area contributed by atoms with Crippen molar-refractivity contribution in [3.8, 4) is 0 Å². The van der Waals surface area contributed by atoms with Crippen LogP contribution in [0.2, 0.25) is 0 Å². The lowest BCUT2D eigenvalue weighted by Crippen LogP contribution is -2.17. The van der Waals surface area contributed by atoms with Crippen LogP contribution in [0.5, 0.6) is 0 Å². The molecule has 0 saturated carbocycles. The van der Waals surface area contributed by atoms with Crippen molar-refractivity contribution in [3.05, 3.63) is 29.3 Å². The molecular formula is C13H20FN. The zero-order chi connectivity index (χ0) is 11.6. The molecule has 1 heterocycles. The normalized spacial score (nSPS) is 12.2. The van der Waals surface area contributed by atoms with E-state index >= 15 is 0 Å². The van der Waals surface area contributed by atoms with Gasteiger partial charge in [0.1, 0.15) is 5.82 Å². The molecule has 0 aromatic carbocycles. The van der Waals surface area contributed by atoms with Crippen LogP contribution in [-0.2, 0) is 11.8 Å². The summed E-state index contributed by atoms with van der Waals surface area (Å²) in [6.07, 6.45) is 0.906. The van der Waals surface area contributed by atoms with Crippen molar-refractivity contribution in [2.75, 3.05) is 0 Å². The first-order valence-corrected chi connectivity index (χ1v) is 5.46. The minimum Gasteiger partial charge on any atom is -0.254 e. The maximum absolute atomic E-state index is 13.5. The predicted octanol–water partition coefficient (Wildman–Crippen LogP) is 3.72. The highest BCUT2D eigenvalue weighted by Gasteiger charge is 2.20. The van der Waals surface area contributed by atoms with Crippen molar-refractivity contribution in [2.45, 2.75) is 46.5 Å². The van der Waals surface area contributed by atoms with Crippen molar-refractivity contribution in [1.29, 1.82) is 0 Å². The van der Waals surface area contributed by atoms with Crippen LogP contribution in [-0.4, -0.2) is 4.98 Å². The van der Waals surface area contributed by atoms with Crippen molar-refractivity contribution in [1.82, 2.24) is 4.98 Å². The van der Waals surface area contributed by atoms with E-state index in [0.29, 0.717) is 11.6 Å². The standard InChI is InChI=1S/C13H20FN/c1-9(2)8-10-6-7-11(14)12(15-10)13(3,4)5/h6-7,9H,8H2,1-5H3. The van der Waals surface area contributed by atoms with Crippen LogP contribution in [0, 0.1) is 11.7 Å². The van der Waals surface area contributed by atoms with E-state index < -0.39 is 0 Å². The third-order valence-electron chi connectivity index (χ3n) is 2.23. The number of halogens is 1. The molecule has 0 aliphatic heterocycles. The number of rotatable bonds is 2. The average Bonchev–Trinajstić information content (AvgIpc) is 2.05. The molecule has 1 aromatic heterocycles. The number of pyridine rings is 1. The van der Waals surface area contributed by atoms with Crippen LogP contribution < -0.4 is 0 Å². The van der Waals surface area contributed by atoms with Crippen LogP contribution in [0.3, 0.4) is 0 Å². The smallest absolute Gasteiger partial charge is 0.145 e. The Kier molecular flexibility index (Phi) is 3.48. The molecule has 0 spiro atoms. The molecule has 1 aromatic rings. The first-order valence-electron chi connectivity index (χ1n) is 5.46. The Labute approximate surface area is 91.7 Å². The topological polar surface area (TPSA) is 12.9 Å². The molecule has 0 aliphatic rings. The zero-order valence-corrected chi connectivity index (χ0v) is 10.3. The second kappa shape index (κ2) is 4.30. The van der Waals surface area contributed by atoms with Gasteiger partial charge in [0.15, 0.2) is 0 Å². The van der Waals surface area contributed by atoms with Gasteiger partial charge < -0.3 is 0 Å². The molecule has 1 rings (SSSR count). The van der Waals surface area contributed by atoms with Gasteiger partial charge in [0.05, 0.1) is 5.69 Å². The fourth-order valence-corrected chi connectivity index (χ4v) is 1.54. The second-order valence-electron chi connectivity index (χ2n) is 5.48. The summed E-state index contributed by atoms with van der Waals surface area (Å²) in [4.78, 5) is 4.41. The summed E-state index contributed by atoms with van der Waals surface area (Å²) in [5.41, 5.74) is 1.33. The Hall–Kier alpha value is -0.920. The maximum atomic E-state index is 13.5. The average molecular weight is 209 g/mol. The summed E-state index contributed by atoms with van der Waals surface area (Å²) < 4.78 is 13.5. The van der Waals surface area contributed by atoms with Gasteiger partial charge >= 0.3 is 0 Å². The minimum absolute atomic E-state index is 0.199. The van der Waals surface area contributed by atoms with Crippen LogP contribution in [0.15, 0.2) is 12.1 Å². The highest BCUT2D eigenvalue weighted by Crippen LogP contribution is 2.23. The van der Waals surface area contributed by atoms with Gasteiger partial charge in [-0.3, -0.25) is 4.98 Å². The lowest BCUT2D eigenvalue weighted by molar-refractivity contribution is 0.496. The molecule has 0 N–H and O–H groups in total. The number of hydrogen-bond acceptors (Lipinski definition) is 1. The molecule has 0 unspecified atom stereocenters. The molecule has 15 heavy (non-hydrogen) atoms. The van der Waals surface area contributed by atoms with Gasteiger partial charge in [0, 0.05) is 11.1 Å². The molecule has 84 valence electrons. The number of hydrogen-bond donors (Lipinski definition) is 0. The SMILES string of the molecule is CC(C)Cc1ccc(F)c(C(C)(C)C)n1. The van der Waals surface area contributed by atoms with Gasteiger partial charge in [-0.05, 0) is 24.5 Å².